The molecule has 0 amide bonds. The van der Waals surface area contributed by atoms with Crippen molar-refractivity contribution in [2.24, 2.45) is 0 Å². The fraction of sp³-hybridized carbons (Fsp3) is 0.125. The molecular weight excluding hydrogens is 199 g/mol. The molecule has 0 radical (unpaired) electrons. The van der Waals surface area contributed by atoms with Gasteiger partial charge in [0.25, 0.3) is 5.78 Å². The van der Waals surface area contributed by atoms with Gasteiger partial charge in [0, 0.05) is 5.69 Å². The van der Waals surface area contributed by atoms with Crippen LogP contribution in [-0.2, 0) is 0 Å². The van der Waals surface area contributed by atoms with Gasteiger partial charge in [-0.25, -0.2) is 0 Å². The van der Waals surface area contributed by atoms with Gasteiger partial charge in [-0.1, -0.05) is 0 Å². The topological polar surface area (TPSA) is 63.3 Å². The maximum Gasteiger partial charge on any atom is 0.454 e. The molecule has 0 spiro atoms. The number of carbonyl (C=O) groups excluding carboxylic acids is 1. The number of alkyl halides is 3. The second kappa shape index (κ2) is 3.21. The molecule has 0 unspecified atom stereocenters. The normalized spacial score (nSPS) is 11.4. The number of rotatable bonds is 1. The highest BCUT2D eigenvalue weighted by atomic mass is 19.4. The number of anilines is 1. The molecular formula is C8H6F3NO2. The van der Waals surface area contributed by atoms with Gasteiger partial charge in [-0.2, -0.15) is 13.2 Å². The van der Waals surface area contributed by atoms with Crippen LogP contribution in [0.5, 0.6) is 5.75 Å². The van der Waals surface area contributed by atoms with Crippen molar-refractivity contribution in [1.82, 2.24) is 0 Å². The molecule has 0 aliphatic heterocycles. The molecule has 14 heavy (non-hydrogen) atoms. The van der Waals surface area contributed by atoms with Gasteiger partial charge in [-0.05, 0) is 18.2 Å². The predicted octanol–water partition coefficient (Wildman–Crippen LogP) is 1.72. The van der Waals surface area contributed by atoms with Crippen molar-refractivity contribution >= 4 is 11.5 Å². The summed E-state index contributed by atoms with van der Waals surface area (Å²) in [4.78, 5) is 10.7. The average molecular weight is 205 g/mol. The zero-order valence-electron chi connectivity index (χ0n) is 6.80. The quantitative estimate of drug-likeness (QED) is 0.416. The largest absolute Gasteiger partial charge is 0.508 e. The van der Waals surface area contributed by atoms with Gasteiger partial charge < -0.3 is 10.8 Å². The molecule has 76 valence electrons. The number of nitrogen functional groups attached to an aromatic ring is 1. The standard InChI is InChI=1S/C8H6F3NO2/c9-8(10,11)7(14)5-3-4(13)1-2-6(5)12/h1-3,13H,12H2. The first kappa shape index (κ1) is 10.4. The minimum Gasteiger partial charge on any atom is -0.508 e. The van der Waals surface area contributed by atoms with Crippen LogP contribution in [0.4, 0.5) is 18.9 Å². The summed E-state index contributed by atoms with van der Waals surface area (Å²) in [5, 5.41) is 8.88. The lowest BCUT2D eigenvalue weighted by Crippen LogP contribution is -2.23. The number of hydrogen-bond acceptors (Lipinski definition) is 3. The number of hydrogen-bond donors (Lipinski definition) is 2. The number of aromatic hydroxyl groups is 1. The summed E-state index contributed by atoms with van der Waals surface area (Å²) in [5.41, 5.74) is 4.10. The maximum absolute atomic E-state index is 12.0. The maximum atomic E-state index is 12.0. The Labute approximate surface area is 77.0 Å². The third-order valence-corrected chi connectivity index (χ3v) is 1.54. The van der Waals surface area contributed by atoms with Crippen molar-refractivity contribution in [1.29, 1.82) is 0 Å². The van der Waals surface area contributed by atoms with E-state index >= 15 is 0 Å². The summed E-state index contributed by atoms with van der Waals surface area (Å²) in [6, 6.07) is 2.82. The van der Waals surface area contributed by atoms with Crippen molar-refractivity contribution < 1.29 is 23.1 Å². The molecule has 1 aromatic rings. The molecule has 0 aliphatic carbocycles. The summed E-state index contributed by atoms with van der Waals surface area (Å²) >= 11 is 0. The van der Waals surface area contributed by atoms with Crippen LogP contribution in [-0.4, -0.2) is 17.1 Å². The number of Topliss-reactive ketones (excluding diaryl/α,β-unsaturated/α-hetero) is 1. The molecule has 0 fully saturated rings. The molecule has 1 aromatic carbocycles. The van der Waals surface area contributed by atoms with Gasteiger partial charge in [0.05, 0.1) is 5.56 Å². The lowest BCUT2D eigenvalue weighted by atomic mass is 10.1. The number of benzene rings is 1. The van der Waals surface area contributed by atoms with Crippen LogP contribution in [0.1, 0.15) is 10.4 Å². The summed E-state index contributed by atoms with van der Waals surface area (Å²) < 4.78 is 35.9. The van der Waals surface area contributed by atoms with Crippen molar-refractivity contribution in [3.8, 4) is 5.75 Å². The van der Waals surface area contributed by atoms with Crippen LogP contribution in [0.2, 0.25) is 0 Å². The first-order chi connectivity index (χ1) is 6.32. The summed E-state index contributed by atoms with van der Waals surface area (Å²) in [6.45, 7) is 0. The van der Waals surface area contributed by atoms with Crippen LogP contribution in [0.25, 0.3) is 0 Å². The highest BCUT2D eigenvalue weighted by Crippen LogP contribution is 2.27. The summed E-state index contributed by atoms with van der Waals surface area (Å²) in [6.07, 6.45) is -4.98. The molecule has 0 heterocycles. The zero-order chi connectivity index (χ0) is 10.9. The fourth-order valence-electron chi connectivity index (χ4n) is 0.894. The van der Waals surface area contributed by atoms with Crippen LogP contribution >= 0.6 is 0 Å². The number of phenols is 1. The Morgan fingerprint density at radius 2 is 1.93 bits per heavy atom. The third-order valence-electron chi connectivity index (χ3n) is 1.54. The van der Waals surface area contributed by atoms with E-state index in [1.165, 1.54) is 0 Å². The Bertz CT molecular complexity index is 373. The monoisotopic (exact) mass is 205 g/mol. The van der Waals surface area contributed by atoms with Gasteiger partial charge in [0.15, 0.2) is 0 Å². The Balaban J connectivity index is 3.19. The van der Waals surface area contributed by atoms with E-state index in [0.29, 0.717) is 6.07 Å². The number of nitrogens with two attached hydrogens (primary N) is 1. The highest BCUT2D eigenvalue weighted by Gasteiger charge is 2.40. The molecule has 0 saturated carbocycles. The van der Waals surface area contributed by atoms with E-state index in [2.05, 4.69) is 0 Å². The molecule has 1 rings (SSSR count). The van der Waals surface area contributed by atoms with Crippen molar-refractivity contribution in [3.63, 3.8) is 0 Å². The van der Waals surface area contributed by atoms with Gasteiger partial charge >= 0.3 is 6.18 Å². The molecule has 0 aliphatic rings. The fourth-order valence-corrected chi connectivity index (χ4v) is 0.894. The zero-order valence-corrected chi connectivity index (χ0v) is 6.80. The Morgan fingerprint density at radius 3 is 2.43 bits per heavy atom. The van der Waals surface area contributed by atoms with E-state index in [4.69, 9.17) is 10.8 Å². The summed E-state index contributed by atoms with van der Waals surface area (Å²) in [5.74, 6) is -2.50. The second-order valence-corrected chi connectivity index (χ2v) is 2.60. The van der Waals surface area contributed by atoms with E-state index in [0.717, 1.165) is 12.1 Å². The van der Waals surface area contributed by atoms with E-state index in [-0.39, 0.29) is 5.69 Å². The van der Waals surface area contributed by atoms with Crippen molar-refractivity contribution in [2.45, 2.75) is 6.18 Å². The minimum absolute atomic E-state index is 0.315. The molecule has 0 bridgehead atoms. The predicted molar refractivity (Wildman–Crippen MR) is 42.9 cm³/mol. The molecule has 0 aromatic heterocycles. The van der Waals surface area contributed by atoms with E-state index < -0.39 is 23.3 Å². The number of ketones is 1. The molecule has 0 saturated heterocycles. The Morgan fingerprint density at radius 1 is 1.36 bits per heavy atom. The minimum atomic E-state index is -4.98. The first-order valence-electron chi connectivity index (χ1n) is 3.52. The van der Waals surface area contributed by atoms with Gasteiger partial charge in [-0.3, -0.25) is 4.79 Å². The number of phenolic OH excluding ortho intramolecular Hbond substituents is 1. The van der Waals surface area contributed by atoms with Crippen LogP contribution in [0.3, 0.4) is 0 Å². The van der Waals surface area contributed by atoms with Gasteiger partial charge in [-0.15, -0.1) is 0 Å². The lowest BCUT2D eigenvalue weighted by Gasteiger charge is -2.07. The van der Waals surface area contributed by atoms with Crippen LogP contribution in [0.15, 0.2) is 18.2 Å². The molecule has 3 N–H and O–H groups in total. The Kier molecular flexibility index (Phi) is 2.37. The van der Waals surface area contributed by atoms with Crippen molar-refractivity contribution in [2.75, 3.05) is 5.73 Å². The lowest BCUT2D eigenvalue weighted by molar-refractivity contribution is -0.0884. The summed E-state index contributed by atoms with van der Waals surface area (Å²) in [7, 11) is 0. The van der Waals surface area contributed by atoms with E-state index in [1.807, 2.05) is 0 Å². The number of halogens is 3. The molecule has 0 atom stereocenters. The number of carbonyl (C=O) groups is 1. The molecule has 6 heteroatoms. The molecule has 3 nitrogen and oxygen atoms in total. The van der Waals surface area contributed by atoms with Crippen LogP contribution < -0.4 is 5.73 Å². The van der Waals surface area contributed by atoms with Gasteiger partial charge in [0.2, 0.25) is 0 Å². The SMILES string of the molecule is Nc1ccc(O)cc1C(=O)C(F)(F)F. The van der Waals surface area contributed by atoms with E-state index in [9.17, 15) is 18.0 Å². The van der Waals surface area contributed by atoms with Gasteiger partial charge in [0.1, 0.15) is 5.75 Å². The van der Waals surface area contributed by atoms with Crippen molar-refractivity contribution in [3.05, 3.63) is 23.8 Å². The average Bonchev–Trinajstić information content (AvgIpc) is 2.06. The highest BCUT2D eigenvalue weighted by molar-refractivity contribution is 6.04. The Hall–Kier alpha value is -1.72. The smallest absolute Gasteiger partial charge is 0.454 e. The van der Waals surface area contributed by atoms with E-state index in [1.54, 1.807) is 0 Å². The first-order valence-corrected chi connectivity index (χ1v) is 3.52. The second-order valence-electron chi connectivity index (χ2n) is 2.60. The van der Waals surface area contributed by atoms with Crippen LogP contribution in [0, 0.1) is 0 Å². The third kappa shape index (κ3) is 1.95.